The monoisotopic (exact) mass is 271 g/mol. The van der Waals surface area contributed by atoms with Gasteiger partial charge in [0, 0.05) is 12.6 Å². The second kappa shape index (κ2) is 6.67. The molecule has 0 aliphatic heterocycles. The van der Waals surface area contributed by atoms with Crippen LogP contribution in [0.2, 0.25) is 0 Å². The van der Waals surface area contributed by atoms with E-state index >= 15 is 0 Å². The highest BCUT2D eigenvalue weighted by Gasteiger charge is 2.16. The number of oxime groups is 1. The van der Waals surface area contributed by atoms with Crippen LogP contribution >= 0.6 is 0 Å². The molecule has 0 radical (unpaired) electrons. The molecule has 5 nitrogen and oxygen atoms in total. The lowest BCUT2D eigenvalue weighted by Gasteiger charge is -2.20. The number of benzene rings is 1. The Kier molecular flexibility index (Phi) is 5.23. The number of amides is 1. The maximum atomic E-state index is 13.4. The number of carbonyl (C=O) groups excluding carboxylic acids is 1. The van der Waals surface area contributed by atoms with Crippen molar-refractivity contribution in [3.8, 4) is 0 Å². The third-order valence-electron chi connectivity index (χ3n) is 2.57. The number of nitrogens with zero attached hydrogens (tertiary/aromatic N) is 2. The topological polar surface area (TPSA) is 78.9 Å². The smallest absolute Gasteiger partial charge is 0.227 e. The van der Waals surface area contributed by atoms with Crippen molar-refractivity contribution in [3.63, 3.8) is 0 Å². The Hall–Kier alpha value is -2.18. The second-order valence-corrected chi connectivity index (χ2v) is 3.91. The van der Waals surface area contributed by atoms with Crippen LogP contribution in [0.3, 0.4) is 0 Å². The average molecular weight is 271 g/mol. The normalized spacial score (nSPS) is 11.4. The fourth-order valence-electron chi connectivity index (χ4n) is 1.54. The zero-order valence-corrected chi connectivity index (χ0v) is 10.4. The van der Waals surface area contributed by atoms with E-state index in [2.05, 4.69) is 5.16 Å². The van der Waals surface area contributed by atoms with E-state index in [1.54, 1.807) is 6.92 Å². The van der Waals surface area contributed by atoms with Gasteiger partial charge in [0.1, 0.15) is 11.6 Å². The third kappa shape index (κ3) is 4.20. The van der Waals surface area contributed by atoms with Gasteiger partial charge in [0.25, 0.3) is 0 Å². The summed E-state index contributed by atoms with van der Waals surface area (Å²) in [7, 11) is 0. The molecular formula is C12H15F2N3O2. The van der Waals surface area contributed by atoms with Gasteiger partial charge in [-0.3, -0.25) is 4.79 Å². The molecule has 3 N–H and O–H groups in total. The first kappa shape index (κ1) is 14.9. The standard InChI is InChI=1S/C12H15F2N3O2/c1-2-17(7-11(15)16-19)12(18)5-8-3-4-9(13)6-10(8)14/h3-4,6,19H,2,5,7H2,1H3,(H2,15,16). The predicted molar refractivity (Wildman–Crippen MR) is 65.7 cm³/mol. The summed E-state index contributed by atoms with van der Waals surface area (Å²) in [5.41, 5.74) is 5.41. The predicted octanol–water partition coefficient (Wildman–Crippen LogP) is 1.10. The molecule has 0 spiro atoms. The maximum Gasteiger partial charge on any atom is 0.227 e. The number of nitrogens with two attached hydrogens (primary N) is 1. The molecule has 0 aliphatic carbocycles. The van der Waals surface area contributed by atoms with Crippen molar-refractivity contribution in [2.75, 3.05) is 13.1 Å². The quantitative estimate of drug-likeness (QED) is 0.364. The van der Waals surface area contributed by atoms with E-state index in [0.29, 0.717) is 6.54 Å². The van der Waals surface area contributed by atoms with Gasteiger partial charge in [-0.2, -0.15) is 0 Å². The molecule has 0 saturated heterocycles. The van der Waals surface area contributed by atoms with Gasteiger partial charge in [-0.25, -0.2) is 8.78 Å². The highest BCUT2D eigenvalue weighted by atomic mass is 19.1. The zero-order chi connectivity index (χ0) is 14.4. The van der Waals surface area contributed by atoms with Crippen molar-refractivity contribution in [2.24, 2.45) is 10.9 Å². The summed E-state index contributed by atoms with van der Waals surface area (Å²) in [6, 6.07) is 3.04. The highest BCUT2D eigenvalue weighted by Crippen LogP contribution is 2.11. The Balaban J connectivity index is 2.77. The number of carbonyl (C=O) groups is 1. The van der Waals surface area contributed by atoms with E-state index in [4.69, 9.17) is 10.9 Å². The molecule has 0 aromatic heterocycles. The number of hydrogen-bond donors (Lipinski definition) is 2. The average Bonchev–Trinajstić information content (AvgIpc) is 2.38. The summed E-state index contributed by atoms with van der Waals surface area (Å²) in [6.07, 6.45) is -0.210. The minimum absolute atomic E-state index is 0.0470. The molecule has 19 heavy (non-hydrogen) atoms. The molecular weight excluding hydrogens is 256 g/mol. The highest BCUT2D eigenvalue weighted by molar-refractivity contribution is 5.87. The largest absolute Gasteiger partial charge is 0.409 e. The second-order valence-electron chi connectivity index (χ2n) is 3.91. The molecule has 7 heteroatoms. The molecule has 0 unspecified atom stereocenters. The lowest BCUT2D eigenvalue weighted by molar-refractivity contribution is -0.129. The third-order valence-corrected chi connectivity index (χ3v) is 2.57. The Morgan fingerprint density at radius 3 is 2.68 bits per heavy atom. The van der Waals surface area contributed by atoms with Gasteiger partial charge in [-0.05, 0) is 18.6 Å². The lowest BCUT2D eigenvalue weighted by Crippen LogP contribution is -2.39. The van der Waals surface area contributed by atoms with Crippen molar-refractivity contribution >= 4 is 11.7 Å². The Bertz CT molecular complexity index is 492. The van der Waals surface area contributed by atoms with Crippen LogP contribution in [-0.4, -0.2) is 34.9 Å². The van der Waals surface area contributed by atoms with Gasteiger partial charge < -0.3 is 15.8 Å². The van der Waals surface area contributed by atoms with Crippen molar-refractivity contribution in [1.29, 1.82) is 0 Å². The molecule has 0 atom stereocenters. The summed E-state index contributed by atoms with van der Waals surface area (Å²) in [6.45, 7) is 2.00. The van der Waals surface area contributed by atoms with Crippen molar-refractivity contribution in [3.05, 3.63) is 35.4 Å². The first-order valence-electron chi connectivity index (χ1n) is 5.66. The van der Waals surface area contributed by atoms with Gasteiger partial charge in [-0.15, -0.1) is 0 Å². The number of halogens is 2. The molecule has 0 bridgehead atoms. The molecule has 104 valence electrons. The first-order valence-corrected chi connectivity index (χ1v) is 5.66. The first-order chi connectivity index (χ1) is 8.97. The molecule has 0 saturated carbocycles. The van der Waals surface area contributed by atoms with E-state index in [-0.39, 0.29) is 30.3 Å². The molecule has 0 heterocycles. The van der Waals surface area contributed by atoms with E-state index in [1.807, 2.05) is 0 Å². The van der Waals surface area contributed by atoms with Gasteiger partial charge >= 0.3 is 0 Å². The van der Waals surface area contributed by atoms with Crippen LogP contribution in [0.4, 0.5) is 8.78 Å². The van der Waals surface area contributed by atoms with Gasteiger partial charge in [0.05, 0.1) is 13.0 Å². The molecule has 0 aliphatic rings. The van der Waals surface area contributed by atoms with Crippen LogP contribution in [0.1, 0.15) is 12.5 Å². The number of amidine groups is 1. The Morgan fingerprint density at radius 1 is 1.47 bits per heavy atom. The molecule has 1 rings (SSSR count). The van der Waals surface area contributed by atoms with E-state index in [0.717, 1.165) is 12.1 Å². The van der Waals surface area contributed by atoms with E-state index < -0.39 is 11.6 Å². The summed E-state index contributed by atoms with van der Waals surface area (Å²) >= 11 is 0. The van der Waals surface area contributed by atoms with Crippen molar-refractivity contribution in [2.45, 2.75) is 13.3 Å². The van der Waals surface area contributed by atoms with Crippen molar-refractivity contribution < 1.29 is 18.8 Å². The fraction of sp³-hybridized carbons (Fsp3) is 0.333. The summed E-state index contributed by atoms with van der Waals surface area (Å²) in [5.74, 6) is -1.97. The minimum atomic E-state index is -0.770. The minimum Gasteiger partial charge on any atom is -0.409 e. The zero-order valence-electron chi connectivity index (χ0n) is 10.4. The van der Waals surface area contributed by atoms with Gasteiger partial charge in [-0.1, -0.05) is 11.2 Å². The van der Waals surface area contributed by atoms with Crippen LogP contribution in [0.5, 0.6) is 0 Å². The summed E-state index contributed by atoms with van der Waals surface area (Å²) in [5, 5.41) is 11.2. The lowest BCUT2D eigenvalue weighted by atomic mass is 10.1. The molecule has 1 amide bonds. The number of hydrogen-bond acceptors (Lipinski definition) is 3. The van der Waals surface area contributed by atoms with Crippen molar-refractivity contribution in [1.82, 2.24) is 4.90 Å². The Labute approximate surface area is 109 Å². The van der Waals surface area contributed by atoms with E-state index in [1.165, 1.54) is 11.0 Å². The van der Waals surface area contributed by atoms with Crippen LogP contribution in [0, 0.1) is 11.6 Å². The molecule has 0 fully saturated rings. The summed E-state index contributed by atoms with van der Waals surface area (Å²) in [4.78, 5) is 13.2. The van der Waals surface area contributed by atoms with Crippen LogP contribution in [-0.2, 0) is 11.2 Å². The van der Waals surface area contributed by atoms with E-state index in [9.17, 15) is 13.6 Å². The van der Waals surface area contributed by atoms with Crippen LogP contribution in [0.15, 0.2) is 23.4 Å². The fourth-order valence-corrected chi connectivity index (χ4v) is 1.54. The Morgan fingerprint density at radius 2 is 2.16 bits per heavy atom. The maximum absolute atomic E-state index is 13.4. The number of likely N-dealkylation sites (N-methyl/N-ethyl adjacent to an activating group) is 1. The molecule has 1 aromatic carbocycles. The van der Waals surface area contributed by atoms with Gasteiger partial charge in [0.15, 0.2) is 5.84 Å². The van der Waals surface area contributed by atoms with Crippen LogP contribution < -0.4 is 5.73 Å². The SMILES string of the molecule is CCN(CC(N)=NO)C(=O)Cc1ccc(F)cc1F. The summed E-state index contributed by atoms with van der Waals surface area (Å²) < 4.78 is 26.1. The molecule has 1 aromatic rings. The number of rotatable bonds is 5. The van der Waals surface area contributed by atoms with Gasteiger partial charge in [0.2, 0.25) is 5.91 Å². The van der Waals surface area contributed by atoms with Crippen LogP contribution in [0.25, 0.3) is 0 Å².